The molecule has 0 unspecified atom stereocenters. The van der Waals surface area contributed by atoms with Gasteiger partial charge in [0.1, 0.15) is 0 Å². The molecule has 0 spiro atoms. The number of carboxylic acids is 1. The molecule has 0 saturated carbocycles. The zero-order valence-corrected chi connectivity index (χ0v) is 12.3. The van der Waals surface area contributed by atoms with Crippen LogP contribution in [0.1, 0.15) is 12.8 Å². The van der Waals surface area contributed by atoms with E-state index in [4.69, 9.17) is 13.6 Å². The molecule has 0 aliphatic rings. The average Bonchev–Trinajstić information content (AvgIpc) is 2.01. The van der Waals surface area contributed by atoms with Crippen molar-refractivity contribution in [1.82, 2.24) is 0 Å². The molecule has 0 aliphatic heterocycles. The molecular weight excluding hydrogens is 228 g/mol. The van der Waals surface area contributed by atoms with Crippen LogP contribution in [0.25, 0.3) is 0 Å². The lowest BCUT2D eigenvalue weighted by Crippen LogP contribution is -2.45. The van der Waals surface area contributed by atoms with Gasteiger partial charge in [-0.25, -0.2) is 0 Å². The van der Waals surface area contributed by atoms with E-state index in [1.807, 2.05) is 13.1 Å². The molecule has 0 amide bonds. The molecule has 0 heterocycles. The van der Waals surface area contributed by atoms with Gasteiger partial charge in [-0.1, -0.05) is 0 Å². The molecule has 6 heteroatoms. The van der Waals surface area contributed by atoms with E-state index in [1.54, 1.807) is 7.11 Å². The maximum absolute atomic E-state index is 10.4. The fourth-order valence-corrected chi connectivity index (χ4v) is 8.52. The first kappa shape index (κ1) is 14.8. The van der Waals surface area contributed by atoms with Gasteiger partial charge < -0.3 is 13.6 Å². The van der Waals surface area contributed by atoms with Crippen molar-refractivity contribution < 1.29 is 18.4 Å². The predicted molar refractivity (Wildman–Crippen MR) is 64.7 cm³/mol. The second kappa shape index (κ2) is 5.78. The Hall–Kier alpha value is -0.176. The van der Waals surface area contributed by atoms with Crippen molar-refractivity contribution in [2.75, 3.05) is 7.11 Å². The molecule has 90 valence electrons. The normalized spacial score (nSPS) is 12.9. The Kier molecular flexibility index (Phi) is 5.72. The third kappa shape index (κ3) is 7.72. The van der Waals surface area contributed by atoms with E-state index < -0.39 is 22.8 Å². The molecular formula is C9H22O4Si2. The van der Waals surface area contributed by atoms with Gasteiger partial charge in [0.15, 0.2) is 8.32 Å². The Balaban J connectivity index is 4.01. The van der Waals surface area contributed by atoms with Gasteiger partial charge in [0.2, 0.25) is 0 Å². The van der Waals surface area contributed by atoms with Crippen LogP contribution >= 0.6 is 0 Å². The fourth-order valence-electron chi connectivity index (χ4n) is 1.42. The lowest BCUT2D eigenvalue weighted by Gasteiger charge is -2.32. The Bertz CT molecular complexity index is 216. The molecule has 0 rings (SSSR count). The molecule has 0 bridgehead atoms. The highest BCUT2D eigenvalue weighted by Crippen LogP contribution is 2.20. The average molecular weight is 250 g/mol. The summed E-state index contributed by atoms with van der Waals surface area (Å²) in [5, 5.41) is 8.55. The van der Waals surface area contributed by atoms with Crippen molar-refractivity contribution in [2.24, 2.45) is 0 Å². The highest BCUT2D eigenvalue weighted by Gasteiger charge is 2.33. The summed E-state index contributed by atoms with van der Waals surface area (Å²) in [5.41, 5.74) is 0. The second-order valence-corrected chi connectivity index (χ2v) is 12.8. The number of hydrogen-bond donors (Lipinski definition) is 1. The summed E-state index contributed by atoms with van der Waals surface area (Å²) in [6.45, 7) is 8.25. The SMILES string of the molecule is CO[Si](C)(C)O[Si](C)(C)CCCC(=O)O. The topological polar surface area (TPSA) is 55.8 Å². The summed E-state index contributed by atoms with van der Waals surface area (Å²) < 4.78 is 11.4. The van der Waals surface area contributed by atoms with Crippen LogP contribution in [0.3, 0.4) is 0 Å². The van der Waals surface area contributed by atoms with Gasteiger partial charge >= 0.3 is 14.5 Å². The molecule has 0 fully saturated rings. The highest BCUT2D eigenvalue weighted by molar-refractivity contribution is 6.82. The van der Waals surface area contributed by atoms with E-state index in [-0.39, 0.29) is 6.42 Å². The predicted octanol–water partition coefficient (Wildman–Crippen LogP) is 2.42. The van der Waals surface area contributed by atoms with Crippen molar-refractivity contribution >= 4 is 22.8 Å². The standard InChI is InChI=1S/C9H22O4Si2/c1-12-15(4,5)13-14(2,3)8-6-7-9(10)11/h6-8H2,1-5H3,(H,10,11). The largest absolute Gasteiger partial charge is 0.481 e. The molecule has 15 heavy (non-hydrogen) atoms. The lowest BCUT2D eigenvalue weighted by atomic mass is 10.3. The summed E-state index contributed by atoms with van der Waals surface area (Å²) in [5.74, 6) is -0.733. The van der Waals surface area contributed by atoms with Gasteiger partial charge in [-0.05, 0) is 38.7 Å². The highest BCUT2D eigenvalue weighted by atomic mass is 28.4. The van der Waals surface area contributed by atoms with E-state index in [0.29, 0.717) is 6.42 Å². The number of hydrogen-bond acceptors (Lipinski definition) is 3. The second-order valence-electron chi connectivity index (χ2n) is 4.71. The zero-order chi connectivity index (χ0) is 12.1. The smallest absolute Gasteiger partial charge is 0.321 e. The lowest BCUT2D eigenvalue weighted by molar-refractivity contribution is -0.137. The van der Waals surface area contributed by atoms with Crippen LogP contribution in [0.15, 0.2) is 0 Å². The minimum atomic E-state index is -1.98. The van der Waals surface area contributed by atoms with Crippen molar-refractivity contribution in [3.8, 4) is 0 Å². The zero-order valence-electron chi connectivity index (χ0n) is 10.3. The summed E-state index contributed by atoms with van der Waals surface area (Å²) in [6.07, 6.45) is 0.928. The first-order valence-electron chi connectivity index (χ1n) is 5.16. The summed E-state index contributed by atoms with van der Waals surface area (Å²) in [6, 6.07) is 0.874. The van der Waals surface area contributed by atoms with Gasteiger partial charge in [0, 0.05) is 13.5 Å². The van der Waals surface area contributed by atoms with Crippen molar-refractivity contribution in [2.45, 2.75) is 45.1 Å². The third-order valence-electron chi connectivity index (χ3n) is 2.18. The van der Waals surface area contributed by atoms with E-state index in [9.17, 15) is 4.79 Å². The monoisotopic (exact) mass is 250 g/mol. The maximum Gasteiger partial charge on any atom is 0.321 e. The molecule has 0 aromatic carbocycles. The van der Waals surface area contributed by atoms with E-state index >= 15 is 0 Å². The molecule has 4 nitrogen and oxygen atoms in total. The summed E-state index contributed by atoms with van der Waals surface area (Å²) >= 11 is 0. The van der Waals surface area contributed by atoms with E-state index in [1.165, 1.54) is 0 Å². The number of carbonyl (C=O) groups is 1. The molecule has 0 aliphatic carbocycles. The van der Waals surface area contributed by atoms with Crippen LogP contribution in [0, 0.1) is 0 Å². The first-order chi connectivity index (χ1) is 6.68. The molecule has 1 N–H and O–H groups in total. The Morgan fingerprint density at radius 3 is 2.20 bits per heavy atom. The van der Waals surface area contributed by atoms with Crippen LogP contribution in [-0.4, -0.2) is 35.1 Å². The van der Waals surface area contributed by atoms with Crippen LogP contribution in [0.2, 0.25) is 32.2 Å². The summed E-state index contributed by atoms with van der Waals surface area (Å²) in [4.78, 5) is 10.4. The van der Waals surface area contributed by atoms with Gasteiger partial charge in [0.25, 0.3) is 0 Å². The molecule has 0 atom stereocenters. The third-order valence-corrected chi connectivity index (χ3v) is 8.90. The van der Waals surface area contributed by atoms with Gasteiger partial charge in [-0.3, -0.25) is 4.79 Å². The Morgan fingerprint density at radius 2 is 1.80 bits per heavy atom. The molecule has 0 radical (unpaired) electrons. The minimum Gasteiger partial charge on any atom is -0.481 e. The molecule has 0 aromatic rings. The summed E-state index contributed by atoms with van der Waals surface area (Å²) in [7, 11) is -2.05. The van der Waals surface area contributed by atoms with Crippen LogP contribution in [0.4, 0.5) is 0 Å². The Morgan fingerprint density at radius 1 is 1.27 bits per heavy atom. The number of carboxylic acid groups (broad SMARTS) is 1. The number of aliphatic carboxylic acids is 1. The fraction of sp³-hybridized carbons (Fsp3) is 0.889. The Labute approximate surface area is 94.0 Å². The van der Waals surface area contributed by atoms with Gasteiger partial charge in [-0.15, -0.1) is 0 Å². The van der Waals surface area contributed by atoms with Crippen molar-refractivity contribution in [3.05, 3.63) is 0 Å². The molecule has 0 aromatic heterocycles. The van der Waals surface area contributed by atoms with Crippen LogP contribution in [-0.2, 0) is 13.3 Å². The van der Waals surface area contributed by atoms with Crippen LogP contribution < -0.4 is 0 Å². The van der Waals surface area contributed by atoms with Crippen molar-refractivity contribution in [1.29, 1.82) is 0 Å². The van der Waals surface area contributed by atoms with E-state index in [2.05, 4.69) is 13.1 Å². The minimum absolute atomic E-state index is 0.231. The van der Waals surface area contributed by atoms with Crippen LogP contribution in [0.5, 0.6) is 0 Å². The quantitative estimate of drug-likeness (QED) is 0.705. The molecule has 0 saturated heterocycles. The van der Waals surface area contributed by atoms with Crippen molar-refractivity contribution in [3.63, 3.8) is 0 Å². The first-order valence-corrected chi connectivity index (χ1v) is 11.1. The number of rotatable bonds is 7. The van der Waals surface area contributed by atoms with Gasteiger partial charge in [-0.2, -0.15) is 0 Å². The van der Waals surface area contributed by atoms with Gasteiger partial charge in [0.05, 0.1) is 0 Å². The van der Waals surface area contributed by atoms with E-state index in [0.717, 1.165) is 6.04 Å². The maximum atomic E-state index is 10.4.